The molecule has 3 aliphatic rings. The number of rotatable bonds is 3. The smallest absolute Gasteiger partial charge is 0.278 e. The first-order valence-corrected chi connectivity index (χ1v) is 11.6. The fraction of sp³-hybridized carbons (Fsp3) is 0.682. The first-order chi connectivity index (χ1) is 15.1. The average molecular weight is 427 g/mol. The lowest BCUT2D eigenvalue weighted by atomic mass is 9.92. The van der Waals surface area contributed by atoms with Crippen molar-refractivity contribution >= 4 is 5.91 Å². The highest BCUT2D eigenvalue weighted by atomic mass is 16.6. The minimum absolute atomic E-state index is 0.0576. The molecule has 0 bridgehead atoms. The van der Waals surface area contributed by atoms with E-state index in [0.29, 0.717) is 30.6 Å². The molecule has 1 aliphatic carbocycles. The minimum atomic E-state index is -0.258. The highest BCUT2D eigenvalue weighted by molar-refractivity contribution is 5.93. The van der Waals surface area contributed by atoms with E-state index in [-0.39, 0.29) is 23.2 Å². The van der Waals surface area contributed by atoms with Crippen molar-refractivity contribution in [3.63, 3.8) is 0 Å². The van der Waals surface area contributed by atoms with Crippen LogP contribution in [0.3, 0.4) is 0 Å². The number of amides is 1. The fourth-order valence-corrected chi connectivity index (χ4v) is 5.40. The Bertz CT molecular complexity index is 1010. The molecule has 4 heterocycles. The topological polar surface area (TPSA) is 108 Å². The maximum absolute atomic E-state index is 13.1. The highest BCUT2D eigenvalue weighted by Gasteiger charge is 2.34. The van der Waals surface area contributed by atoms with Gasteiger partial charge < -0.3 is 9.88 Å². The maximum Gasteiger partial charge on any atom is 0.278 e. The predicted octanol–water partition coefficient (Wildman–Crippen LogP) is 2.52. The maximum atomic E-state index is 13.1. The number of carbonyl (C=O) groups is 1. The number of aromatic amines is 1. The normalized spacial score (nSPS) is 23.0. The van der Waals surface area contributed by atoms with Crippen molar-refractivity contribution in [1.29, 1.82) is 0 Å². The van der Waals surface area contributed by atoms with Crippen LogP contribution in [0.5, 0.6) is 0 Å². The largest absolute Gasteiger partial charge is 0.327 e. The van der Waals surface area contributed by atoms with E-state index in [4.69, 9.17) is 9.61 Å². The van der Waals surface area contributed by atoms with Gasteiger partial charge in [-0.25, -0.2) is 9.61 Å². The summed E-state index contributed by atoms with van der Waals surface area (Å²) >= 11 is 0. The van der Waals surface area contributed by atoms with Crippen LogP contribution < -0.4 is 5.56 Å². The van der Waals surface area contributed by atoms with Crippen molar-refractivity contribution in [3.8, 4) is 0 Å². The Balaban J connectivity index is 1.40. The molecule has 1 N–H and O–H groups in total. The van der Waals surface area contributed by atoms with E-state index >= 15 is 0 Å². The summed E-state index contributed by atoms with van der Waals surface area (Å²) in [6.07, 6.45) is 9.82. The van der Waals surface area contributed by atoms with Crippen molar-refractivity contribution in [1.82, 2.24) is 30.1 Å². The molecule has 1 atom stereocenters. The third-order valence-corrected chi connectivity index (χ3v) is 7.14. The van der Waals surface area contributed by atoms with E-state index < -0.39 is 0 Å². The van der Waals surface area contributed by atoms with Gasteiger partial charge in [0.05, 0.1) is 17.3 Å². The molecule has 0 radical (unpaired) electrons. The molecule has 31 heavy (non-hydrogen) atoms. The van der Waals surface area contributed by atoms with Crippen LogP contribution in [0.25, 0.3) is 0 Å². The number of hydrogen-bond donors (Lipinski definition) is 1. The highest BCUT2D eigenvalue weighted by Crippen LogP contribution is 2.31. The van der Waals surface area contributed by atoms with Crippen LogP contribution in [0.15, 0.2) is 9.42 Å². The van der Waals surface area contributed by atoms with Crippen molar-refractivity contribution in [2.75, 3.05) is 13.1 Å². The lowest BCUT2D eigenvalue weighted by Gasteiger charge is -2.38. The van der Waals surface area contributed by atoms with Gasteiger partial charge in [0.2, 0.25) is 0 Å². The molecule has 0 unspecified atom stereocenters. The van der Waals surface area contributed by atoms with E-state index in [9.17, 15) is 9.59 Å². The van der Waals surface area contributed by atoms with Crippen LogP contribution in [0.1, 0.15) is 90.7 Å². The van der Waals surface area contributed by atoms with Gasteiger partial charge >= 0.3 is 0 Å². The summed E-state index contributed by atoms with van der Waals surface area (Å²) in [6.45, 7) is 3.94. The second-order valence-electron chi connectivity index (χ2n) is 9.10. The van der Waals surface area contributed by atoms with E-state index in [2.05, 4.69) is 20.2 Å². The Morgan fingerprint density at radius 1 is 1.06 bits per heavy atom. The summed E-state index contributed by atoms with van der Waals surface area (Å²) in [4.78, 5) is 38.3. The predicted molar refractivity (Wildman–Crippen MR) is 113 cm³/mol. The van der Waals surface area contributed by atoms with Crippen molar-refractivity contribution < 1.29 is 9.42 Å². The molecule has 0 aromatic carbocycles. The van der Waals surface area contributed by atoms with Crippen LogP contribution in [0.2, 0.25) is 0 Å². The van der Waals surface area contributed by atoms with Crippen molar-refractivity contribution in [2.24, 2.45) is 0 Å². The molecule has 2 aliphatic heterocycles. The van der Waals surface area contributed by atoms with E-state index in [0.717, 1.165) is 43.5 Å². The number of hydrogen-bond acceptors (Lipinski definition) is 7. The van der Waals surface area contributed by atoms with Gasteiger partial charge in [-0.3, -0.25) is 14.5 Å². The van der Waals surface area contributed by atoms with Gasteiger partial charge in [-0.1, -0.05) is 24.4 Å². The zero-order valence-corrected chi connectivity index (χ0v) is 18.1. The van der Waals surface area contributed by atoms with Gasteiger partial charge in [0.1, 0.15) is 11.5 Å². The number of piperidine rings is 1. The monoisotopic (exact) mass is 426 g/mol. The van der Waals surface area contributed by atoms with Crippen molar-refractivity contribution in [2.45, 2.75) is 83.3 Å². The van der Waals surface area contributed by atoms with Gasteiger partial charge in [-0.15, -0.1) is 0 Å². The Kier molecular flexibility index (Phi) is 5.60. The molecule has 2 fully saturated rings. The summed E-state index contributed by atoms with van der Waals surface area (Å²) in [7, 11) is 0. The molecule has 166 valence electrons. The fourth-order valence-electron chi connectivity index (χ4n) is 5.40. The van der Waals surface area contributed by atoms with Crippen LogP contribution in [0, 0.1) is 6.92 Å². The van der Waals surface area contributed by atoms with Gasteiger partial charge in [0.25, 0.3) is 11.5 Å². The zero-order valence-electron chi connectivity index (χ0n) is 18.1. The van der Waals surface area contributed by atoms with Gasteiger partial charge in [0.15, 0.2) is 5.69 Å². The molecule has 9 nitrogen and oxygen atoms in total. The van der Waals surface area contributed by atoms with Gasteiger partial charge in [-0.05, 0) is 44.2 Å². The van der Waals surface area contributed by atoms with Crippen LogP contribution in [0.4, 0.5) is 0 Å². The molecule has 1 amide bonds. The van der Waals surface area contributed by atoms with Gasteiger partial charge in [-0.2, -0.15) is 0 Å². The molecule has 1 saturated heterocycles. The summed E-state index contributed by atoms with van der Waals surface area (Å²) in [5.74, 6) is 0.379. The van der Waals surface area contributed by atoms with Crippen LogP contribution in [-0.2, 0) is 13.0 Å². The van der Waals surface area contributed by atoms with Gasteiger partial charge in [0, 0.05) is 32.1 Å². The Morgan fingerprint density at radius 2 is 1.87 bits per heavy atom. The second-order valence-corrected chi connectivity index (χ2v) is 9.10. The van der Waals surface area contributed by atoms with Crippen LogP contribution >= 0.6 is 0 Å². The number of H-pyrrole nitrogens is 1. The number of nitrogens with one attached hydrogen (secondary N) is 1. The lowest BCUT2D eigenvalue weighted by molar-refractivity contribution is 0.0586. The third kappa shape index (κ3) is 3.91. The molecule has 2 aromatic rings. The average Bonchev–Trinajstić information content (AvgIpc) is 3.24. The first kappa shape index (κ1) is 20.4. The Labute approximate surface area is 181 Å². The third-order valence-electron chi connectivity index (χ3n) is 7.14. The zero-order chi connectivity index (χ0) is 21.4. The number of aryl methyl sites for hydroxylation is 1. The number of likely N-dealkylation sites (tertiary alicyclic amines) is 1. The van der Waals surface area contributed by atoms with E-state index in [1.807, 2.05) is 0 Å². The Hall–Kier alpha value is -2.55. The second kappa shape index (κ2) is 8.53. The van der Waals surface area contributed by atoms with E-state index in [1.165, 1.54) is 32.1 Å². The number of aromatic nitrogens is 4. The van der Waals surface area contributed by atoms with Crippen molar-refractivity contribution in [3.05, 3.63) is 38.8 Å². The number of carbonyl (C=O) groups excluding carboxylic acids is 1. The van der Waals surface area contributed by atoms with Crippen LogP contribution in [-0.4, -0.2) is 55.1 Å². The quantitative estimate of drug-likeness (QED) is 0.803. The minimum Gasteiger partial charge on any atom is -0.327 e. The summed E-state index contributed by atoms with van der Waals surface area (Å²) in [5, 5.41) is 7.52. The lowest BCUT2D eigenvalue weighted by Crippen LogP contribution is -2.44. The summed E-state index contributed by atoms with van der Waals surface area (Å²) in [5.41, 5.74) is 2.34. The number of fused-ring (bicyclic) bond motifs is 1. The molecule has 2 aromatic heterocycles. The molecule has 9 heteroatoms. The Morgan fingerprint density at radius 3 is 2.65 bits per heavy atom. The van der Waals surface area contributed by atoms with E-state index in [1.54, 1.807) is 11.8 Å². The molecule has 1 saturated carbocycles. The summed E-state index contributed by atoms with van der Waals surface area (Å²) < 4.78 is 4.73. The number of nitrogens with zero attached hydrogens (tertiary/aromatic N) is 5. The summed E-state index contributed by atoms with van der Waals surface area (Å²) in [6, 6.07) is 0.332. The standard InChI is InChI=1S/C22H30N6O3/c1-14-19(26-31-25-14)22(30)28-11-6-5-9-18(28)20-23-17-10-12-27(13-16(17)21(29)24-20)15-7-3-2-4-8-15/h15,18H,2-13H2,1H3,(H,23,24,29)/t18-/m1/s1. The SMILES string of the molecule is Cc1nonc1C(=O)N1CCCC[C@@H]1c1nc2c(c(=O)[nH]1)CN(C1CCCCC1)CC2. The molecular formula is C22H30N6O3. The molecule has 5 rings (SSSR count). The molecule has 0 spiro atoms. The molecular weight excluding hydrogens is 396 g/mol. The first-order valence-electron chi connectivity index (χ1n) is 11.6.